The number of benzene rings is 1. The molecule has 128 valence electrons. The van der Waals surface area contributed by atoms with Gasteiger partial charge in [-0.2, -0.15) is 5.06 Å². The first kappa shape index (κ1) is 15.9. The van der Waals surface area contributed by atoms with E-state index in [0.29, 0.717) is 18.0 Å². The highest BCUT2D eigenvalue weighted by Crippen LogP contribution is 2.32. The van der Waals surface area contributed by atoms with Crippen molar-refractivity contribution >= 4 is 28.7 Å². The minimum atomic E-state index is -0.213. The summed E-state index contributed by atoms with van der Waals surface area (Å²) in [6, 6.07) is 9.68. The number of fused-ring (bicyclic) bond motifs is 2. The molecule has 0 radical (unpaired) electrons. The lowest BCUT2D eigenvalue weighted by Gasteiger charge is -2.13. The van der Waals surface area contributed by atoms with Crippen molar-refractivity contribution in [3.63, 3.8) is 0 Å². The Morgan fingerprint density at radius 3 is 3.12 bits per heavy atom. The second-order valence-corrected chi connectivity index (χ2v) is 6.50. The smallest absolute Gasteiger partial charge is 0.281 e. The minimum Gasteiger partial charge on any atom is -0.376 e. The topological polar surface area (TPSA) is 80.3 Å². The number of nitrogens with zero attached hydrogens (tertiary/aromatic N) is 3. The van der Waals surface area contributed by atoms with E-state index in [2.05, 4.69) is 15.0 Å². The van der Waals surface area contributed by atoms with Gasteiger partial charge in [0, 0.05) is 30.7 Å². The summed E-state index contributed by atoms with van der Waals surface area (Å²) in [4.78, 5) is 29.8. The first-order valence-electron chi connectivity index (χ1n) is 7.76. The number of hydrogen-bond donors (Lipinski definition) is 1. The Bertz CT molecular complexity index is 894. The predicted molar refractivity (Wildman–Crippen MR) is 92.9 cm³/mol. The predicted octanol–water partition coefficient (Wildman–Crippen LogP) is 2.53. The molecule has 1 aliphatic heterocycles. The van der Waals surface area contributed by atoms with Gasteiger partial charge in [0.25, 0.3) is 5.91 Å². The SMILES string of the molecule is COCC(=O)N1Cc2c(ccnc2CSc2nc3ccccc3[nH]2)O1. The molecular formula is C17H16N4O3S. The van der Waals surface area contributed by atoms with Crippen molar-refractivity contribution < 1.29 is 14.4 Å². The van der Waals surface area contributed by atoms with Gasteiger partial charge in [-0.3, -0.25) is 9.78 Å². The Balaban J connectivity index is 1.49. The second-order valence-electron chi connectivity index (χ2n) is 5.54. The molecule has 0 bridgehead atoms. The van der Waals surface area contributed by atoms with Gasteiger partial charge in [0.2, 0.25) is 0 Å². The fourth-order valence-electron chi connectivity index (χ4n) is 2.66. The zero-order valence-corrected chi connectivity index (χ0v) is 14.4. The van der Waals surface area contributed by atoms with Crippen LogP contribution in [0.4, 0.5) is 0 Å². The van der Waals surface area contributed by atoms with Crippen LogP contribution in [0.3, 0.4) is 0 Å². The number of para-hydroxylation sites is 2. The third-order valence-electron chi connectivity index (χ3n) is 3.87. The number of pyridine rings is 1. The summed E-state index contributed by atoms with van der Waals surface area (Å²) in [7, 11) is 1.48. The number of ether oxygens (including phenoxy) is 1. The fourth-order valence-corrected chi connectivity index (χ4v) is 3.53. The maximum absolute atomic E-state index is 11.9. The molecule has 0 spiro atoms. The van der Waals surface area contributed by atoms with Gasteiger partial charge in [0.1, 0.15) is 6.61 Å². The van der Waals surface area contributed by atoms with Gasteiger partial charge in [-0.05, 0) is 12.1 Å². The average molecular weight is 356 g/mol. The molecule has 3 aromatic rings. The second kappa shape index (κ2) is 6.73. The molecule has 1 aliphatic rings. The van der Waals surface area contributed by atoms with Crippen LogP contribution in [0.2, 0.25) is 0 Å². The molecular weight excluding hydrogens is 340 g/mol. The first-order valence-corrected chi connectivity index (χ1v) is 8.75. The van der Waals surface area contributed by atoms with Crippen molar-refractivity contribution in [2.75, 3.05) is 13.7 Å². The van der Waals surface area contributed by atoms with E-state index in [9.17, 15) is 4.79 Å². The molecule has 1 amide bonds. The molecule has 0 unspecified atom stereocenters. The summed E-state index contributed by atoms with van der Waals surface area (Å²) in [5.74, 6) is 1.09. The van der Waals surface area contributed by atoms with Crippen molar-refractivity contribution in [2.24, 2.45) is 0 Å². The van der Waals surface area contributed by atoms with Gasteiger partial charge in [0.05, 0.1) is 23.3 Å². The molecule has 0 fully saturated rings. The van der Waals surface area contributed by atoms with E-state index in [1.165, 1.54) is 12.2 Å². The van der Waals surface area contributed by atoms with Crippen molar-refractivity contribution in [2.45, 2.75) is 17.5 Å². The van der Waals surface area contributed by atoms with Crippen molar-refractivity contribution in [3.8, 4) is 5.75 Å². The highest BCUT2D eigenvalue weighted by molar-refractivity contribution is 7.98. The van der Waals surface area contributed by atoms with Crippen LogP contribution in [0.1, 0.15) is 11.3 Å². The summed E-state index contributed by atoms with van der Waals surface area (Å²) in [5, 5.41) is 2.15. The number of carbonyl (C=O) groups excluding carboxylic acids is 1. The first-order chi connectivity index (χ1) is 12.2. The number of hydrogen-bond acceptors (Lipinski definition) is 6. The number of methoxy groups -OCH3 is 1. The molecule has 25 heavy (non-hydrogen) atoms. The van der Waals surface area contributed by atoms with Crippen molar-refractivity contribution in [1.29, 1.82) is 0 Å². The molecule has 0 saturated carbocycles. The maximum Gasteiger partial charge on any atom is 0.281 e. The summed E-state index contributed by atoms with van der Waals surface area (Å²) >= 11 is 1.57. The third kappa shape index (κ3) is 3.18. The molecule has 1 aromatic carbocycles. The third-order valence-corrected chi connectivity index (χ3v) is 4.76. The largest absolute Gasteiger partial charge is 0.376 e. The van der Waals surface area contributed by atoms with Crippen LogP contribution < -0.4 is 4.84 Å². The Morgan fingerprint density at radius 1 is 1.40 bits per heavy atom. The van der Waals surface area contributed by atoms with Gasteiger partial charge >= 0.3 is 0 Å². The zero-order valence-electron chi connectivity index (χ0n) is 13.6. The summed E-state index contributed by atoms with van der Waals surface area (Å²) in [6.07, 6.45) is 1.69. The van der Waals surface area contributed by atoms with Crippen LogP contribution in [-0.2, 0) is 21.8 Å². The lowest BCUT2D eigenvalue weighted by atomic mass is 10.2. The highest BCUT2D eigenvalue weighted by atomic mass is 32.2. The number of thioether (sulfide) groups is 1. The Morgan fingerprint density at radius 2 is 2.28 bits per heavy atom. The van der Waals surface area contributed by atoms with Gasteiger partial charge < -0.3 is 14.6 Å². The quantitative estimate of drug-likeness (QED) is 0.708. The van der Waals surface area contributed by atoms with Crippen LogP contribution in [0.25, 0.3) is 11.0 Å². The molecule has 7 nitrogen and oxygen atoms in total. The van der Waals surface area contributed by atoms with Crippen LogP contribution in [0.15, 0.2) is 41.7 Å². The molecule has 4 rings (SSSR count). The van der Waals surface area contributed by atoms with Crippen LogP contribution >= 0.6 is 11.8 Å². The average Bonchev–Trinajstić information content (AvgIpc) is 3.24. The minimum absolute atomic E-state index is 0.00944. The number of aromatic amines is 1. The summed E-state index contributed by atoms with van der Waals surface area (Å²) in [6.45, 7) is 0.367. The van der Waals surface area contributed by atoms with Crippen molar-refractivity contribution in [1.82, 2.24) is 20.0 Å². The Labute approximate surface area is 148 Å². The lowest BCUT2D eigenvalue weighted by molar-refractivity contribution is -0.159. The molecule has 2 aromatic heterocycles. The van der Waals surface area contributed by atoms with E-state index in [-0.39, 0.29) is 12.5 Å². The number of hydroxylamine groups is 2. The van der Waals surface area contributed by atoms with Crippen LogP contribution in [-0.4, -0.2) is 39.6 Å². The number of nitrogens with one attached hydrogen (secondary N) is 1. The molecule has 3 heterocycles. The Hall–Kier alpha value is -2.58. The van der Waals surface area contributed by atoms with E-state index in [1.54, 1.807) is 24.0 Å². The molecule has 1 N–H and O–H groups in total. The number of carbonyl (C=O) groups is 1. The highest BCUT2D eigenvalue weighted by Gasteiger charge is 2.28. The van der Waals surface area contributed by atoms with Gasteiger partial charge in [-0.15, -0.1) is 0 Å². The normalized spacial score (nSPS) is 13.1. The molecule has 8 heteroatoms. The number of imidazole rings is 1. The maximum atomic E-state index is 11.9. The summed E-state index contributed by atoms with van der Waals surface area (Å²) in [5.41, 5.74) is 3.76. The molecule has 0 saturated heterocycles. The number of aromatic nitrogens is 3. The van der Waals surface area contributed by atoms with E-state index in [0.717, 1.165) is 27.4 Å². The van der Waals surface area contributed by atoms with Gasteiger partial charge in [0.15, 0.2) is 10.9 Å². The van der Waals surface area contributed by atoms with E-state index >= 15 is 0 Å². The zero-order chi connectivity index (χ0) is 17.2. The number of rotatable bonds is 5. The standard InChI is InChI=1S/C17H16N4O3S/c1-23-9-16(22)21-8-11-14(18-7-6-15(11)24-21)10-25-17-19-12-4-2-3-5-13(12)20-17/h2-7H,8-10H2,1H3,(H,19,20). The van der Waals surface area contributed by atoms with E-state index < -0.39 is 0 Å². The van der Waals surface area contributed by atoms with Crippen LogP contribution in [0.5, 0.6) is 5.75 Å². The van der Waals surface area contributed by atoms with Gasteiger partial charge in [-0.1, -0.05) is 23.9 Å². The fraction of sp³-hybridized carbons (Fsp3) is 0.235. The van der Waals surface area contributed by atoms with Crippen LogP contribution in [0, 0.1) is 0 Å². The molecule has 0 aliphatic carbocycles. The lowest BCUT2D eigenvalue weighted by Crippen LogP contribution is -2.32. The van der Waals surface area contributed by atoms with Gasteiger partial charge in [-0.25, -0.2) is 4.98 Å². The Kier molecular flexibility index (Phi) is 4.29. The van der Waals surface area contributed by atoms with E-state index in [1.807, 2.05) is 24.3 Å². The van der Waals surface area contributed by atoms with E-state index in [4.69, 9.17) is 9.57 Å². The number of H-pyrrole nitrogens is 1. The number of amides is 1. The molecule has 0 atom stereocenters. The monoisotopic (exact) mass is 356 g/mol. The van der Waals surface area contributed by atoms with Crippen molar-refractivity contribution in [3.05, 3.63) is 47.8 Å². The summed E-state index contributed by atoms with van der Waals surface area (Å²) < 4.78 is 4.88.